The van der Waals surface area contributed by atoms with Crippen molar-refractivity contribution in [2.24, 2.45) is 0 Å². The minimum absolute atomic E-state index is 0.121. The van der Waals surface area contributed by atoms with Crippen molar-refractivity contribution in [3.63, 3.8) is 0 Å². The van der Waals surface area contributed by atoms with Gasteiger partial charge in [-0.15, -0.1) is 5.10 Å². The molecule has 1 aromatic heterocycles. The van der Waals surface area contributed by atoms with Crippen molar-refractivity contribution in [1.82, 2.24) is 15.0 Å². The Morgan fingerprint density at radius 2 is 1.89 bits per heavy atom. The first-order chi connectivity index (χ1) is 9.22. The van der Waals surface area contributed by atoms with Crippen LogP contribution in [0.15, 0.2) is 6.20 Å². The van der Waals surface area contributed by atoms with Gasteiger partial charge in [0.2, 0.25) is 0 Å². The molecule has 0 bridgehead atoms. The van der Waals surface area contributed by atoms with Crippen LogP contribution in [0.2, 0.25) is 0 Å². The maximum atomic E-state index is 10.4. The van der Waals surface area contributed by atoms with Crippen LogP contribution < -0.4 is 0 Å². The lowest BCUT2D eigenvalue weighted by atomic mass is 10.1. The van der Waals surface area contributed by atoms with Gasteiger partial charge in [-0.3, -0.25) is 9.48 Å². The van der Waals surface area contributed by atoms with Gasteiger partial charge in [-0.05, 0) is 6.42 Å². The van der Waals surface area contributed by atoms with Gasteiger partial charge in [0.1, 0.15) is 0 Å². The van der Waals surface area contributed by atoms with Gasteiger partial charge in [-0.1, -0.05) is 50.7 Å². The molecule has 0 amide bonds. The molecule has 5 heteroatoms. The van der Waals surface area contributed by atoms with E-state index in [0.29, 0.717) is 6.42 Å². The first kappa shape index (κ1) is 15.7. The van der Waals surface area contributed by atoms with E-state index >= 15 is 0 Å². The quantitative estimate of drug-likeness (QED) is 0.626. The Balaban J connectivity index is 2.07. The summed E-state index contributed by atoms with van der Waals surface area (Å²) in [6.07, 6.45) is 11.4. The van der Waals surface area contributed by atoms with Crippen LogP contribution in [-0.4, -0.2) is 26.1 Å². The molecule has 0 atom stereocenters. The third-order valence-electron chi connectivity index (χ3n) is 3.17. The number of hydrogen-bond acceptors (Lipinski definition) is 3. The average molecular weight is 267 g/mol. The Morgan fingerprint density at radius 1 is 1.21 bits per heavy atom. The Labute approximate surface area is 115 Å². The smallest absolute Gasteiger partial charge is 0.303 e. The molecule has 0 radical (unpaired) electrons. The second-order valence-corrected chi connectivity index (χ2v) is 4.99. The number of carboxylic acid groups (broad SMARTS) is 1. The fourth-order valence-corrected chi connectivity index (χ4v) is 2.03. The molecule has 0 spiro atoms. The van der Waals surface area contributed by atoms with Gasteiger partial charge in [0.15, 0.2) is 0 Å². The van der Waals surface area contributed by atoms with Crippen molar-refractivity contribution in [1.29, 1.82) is 0 Å². The van der Waals surface area contributed by atoms with Gasteiger partial charge in [0.25, 0.3) is 0 Å². The summed E-state index contributed by atoms with van der Waals surface area (Å²) >= 11 is 0. The molecule has 19 heavy (non-hydrogen) atoms. The highest BCUT2D eigenvalue weighted by molar-refractivity contribution is 5.66. The van der Waals surface area contributed by atoms with Crippen molar-refractivity contribution < 1.29 is 9.90 Å². The van der Waals surface area contributed by atoms with Crippen LogP contribution in [-0.2, 0) is 17.8 Å². The first-order valence-corrected chi connectivity index (χ1v) is 7.33. The molecule has 1 heterocycles. The van der Waals surface area contributed by atoms with Gasteiger partial charge >= 0.3 is 5.97 Å². The maximum Gasteiger partial charge on any atom is 0.303 e. The molecular weight excluding hydrogens is 242 g/mol. The van der Waals surface area contributed by atoms with Crippen LogP contribution in [0.1, 0.15) is 64.0 Å². The highest BCUT2D eigenvalue weighted by Gasteiger charge is 2.03. The van der Waals surface area contributed by atoms with E-state index in [-0.39, 0.29) is 6.42 Å². The van der Waals surface area contributed by atoms with E-state index in [1.54, 1.807) is 0 Å². The van der Waals surface area contributed by atoms with Gasteiger partial charge < -0.3 is 5.11 Å². The lowest BCUT2D eigenvalue weighted by Crippen LogP contribution is -1.99. The number of aliphatic carboxylic acids is 1. The zero-order valence-electron chi connectivity index (χ0n) is 11.8. The Hall–Kier alpha value is -1.39. The van der Waals surface area contributed by atoms with E-state index in [2.05, 4.69) is 17.2 Å². The SMILES string of the molecule is CCCCCCCCCn1cc(CCC(=O)O)nn1. The summed E-state index contributed by atoms with van der Waals surface area (Å²) in [5.41, 5.74) is 0.769. The van der Waals surface area contributed by atoms with Gasteiger partial charge in [0.05, 0.1) is 12.1 Å². The van der Waals surface area contributed by atoms with E-state index in [0.717, 1.165) is 18.7 Å². The lowest BCUT2D eigenvalue weighted by Gasteiger charge is -2.01. The van der Waals surface area contributed by atoms with Crippen LogP contribution >= 0.6 is 0 Å². The fraction of sp³-hybridized carbons (Fsp3) is 0.786. The zero-order chi connectivity index (χ0) is 13.9. The summed E-state index contributed by atoms with van der Waals surface area (Å²) < 4.78 is 1.82. The highest BCUT2D eigenvalue weighted by atomic mass is 16.4. The number of rotatable bonds is 11. The molecule has 0 saturated carbocycles. The van der Waals surface area contributed by atoms with E-state index in [1.165, 1.54) is 38.5 Å². The molecule has 108 valence electrons. The molecule has 0 aliphatic carbocycles. The molecule has 0 aliphatic heterocycles. The maximum absolute atomic E-state index is 10.4. The Bertz CT molecular complexity index is 363. The van der Waals surface area contributed by atoms with E-state index < -0.39 is 5.97 Å². The normalized spacial score (nSPS) is 10.8. The third-order valence-corrected chi connectivity index (χ3v) is 3.17. The predicted octanol–water partition coefficient (Wildman–Crippen LogP) is 3.05. The molecule has 0 aromatic carbocycles. The number of aromatic nitrogens is 3. The standard InChI is InChI=1S/C14H25N3O2/c1-2-3-4-5-6-7-8-11-17-12-13(15-16-17)9-10-14(18)19/h12H,2-11H2,1H3,(H,18,19). The molecule has 0 unspecified atom stereocenters. The topological polar surface area (TPSA) is 68.0 Å². The number of aryl methyl sites for hydroxylation is 2. The third kappa shape index (κ3) is 7.59. The van der Waals surface area contributed by atoms with Crippen LogP contribution in [0, 0.1) is 0 Å². The van der Waals surface area contributed by atoms with Crippen molar-refractivity contribution in [2.75, 3.05) is 0 Å². The summed E-state index contributed by atoms with van der Waals surface area (Å²) in [5, 5.41) is 16.6. The van der Waals surface area contributed by atoms with E-state index in [1.807, 2.05) is 10.9 Å². The summed E-state index contributed by atoms with van der Waals surface area (Å²) in [7, 11) is 0. The second-order valence-electron chi connectivity index (χ2n) is 4.99. The fourth-order valence-electron chi connectivity index (χ4n) is 2.03. The number of carboxylic acids is 1. The Morgan fingerprint density at radius 3 is 2.58 bits per heavy atom. The molecule has 1 N–H and O–H groups in total. The van der Waals surface area contributed by atoms with Crippen molar-refractivity contribution in [2.45, 2.75) is 71.3 Å². The van der Waals surface area contributed by atoms with Gasteiger partial charge in [-0.25, -0.2) is 0 Å². The summed E-state index contributed by atoms with van der Waals surface area (Å²) in [4.78, 5) is 10.4. The van der Waals surface area contributed by atoms with Crippen LogP contribution in [0.5, 0.6) is 0 Å². The monoisotopic (exact) mass is 267 g/mol. The van der Waals surface area contributed by atoms with Crippen LogP contribution in [0.3, 0.4) is 0 Å². The largest absolute Gasteiger partial charge is 0.481 e. The minimum atomic E-state index is -0.790. The van der Waals surface area contributed by atoms with Gasteiger partial charge in [0, 0.05) is 19.2 Å². The molecular formula is C14H25N3O2. The molecule has 0 saturated heterocycles. The Kier molecular flexibility index (Phi) is 7.86. The summed E-state index contributed by atoms with van der Waals surface area (Å²) in [6, 6.07) is 0. The summed E-state index contributed by atoms with van der Waals surface area (Å²) in [6.45, 7) is 3.11. The van der Waals surface area contributed by atoms with E-state index in [9.17, 15) is 4.79 Å². The molecule has 1 rings (SSSR count). The highest BCUT2D eigenvalue weighted by Crippen LogP contribution is 2.08. The number of carbonyl (C=O) groups is 1. The lowest BCUT2D eigenvalue weighted by molar-refractivity contribution is -0.136. The minimum Gasteiger partial charge on any atom is -0.481 e. The van der Waals surface area contributed by atoms with Crippen molar-refractivity contribution in [3.05, 3.63) is 11.9 Å². The van der Waals surface area contributed by atoms with Gasteiger partial charge in [-0.2, -0.15) is 0 Å². The number of unbranched alkanes of at least 4 members (excludes halogenated alkanes) is 6. The molecule has 0 aliphatic rings. The van der Waals surface area contributed by atoms with Crippen molar-refractivity contribution in [3.8, 4) is 0 Å². The average Bonchev–Trinajstić information content (AvgIpc) is 2.83. The van der Waals surface area contributed by atoms with Crippen LogP contribution in [0.25, 0.3) is 0 Å². The molecule has 1 aromatic rings. The summed E-state index contributed by atoms with van der Waals surface area (Å²) in [5.74, 6) is -0.790. The second kappa shape index (κ2) is 9.53. The van der Waals surface area contributed by atoms with Crippen molar-refractivity contribution >= 4 is 5.97 Å². The number of hydrogen-bond donors (Lipinski definition) is 1. The predicted molar refractivity (Wildman–Crippen MR) is 74.0 cm³/mol. The van der Waals surface area contributed by atoms with Crippen LogP contribution in [0.4, 0.5) is 0 Å². The first-order valence-electron chi connectivity index (χ1n) is 7.33. The molecule has 0 fully saturated rings. The number of nitrogens with zero attached hydrogens (tertiary/aromatic N) is 3. The molecule has 5 nitrogen and oxygen atoms in total. The van der Waals surface area contributed by atoms with E-state index in [4.69, 9.17) is 5.11 Å². The zero-order valence-corrected chi connectivity index (χ0v) is 11.8.